The summed E-state index contributed by atoms with van der Waals surface area (Å²) < 4.78 is 11.1. The number of halogens is 1. The molecule has 0 spiro atoms. The highest BCUT2D eigenvalue weighted by Gasteiger charge is 2.16. The second-order valence-electron chi connectivity index (χ2n) is 5.47. The zero-order valence-electron chi connectivity index (χ0n) is 13.9. The van der Waals surface area contributed by atoms with Gasteiger partial charge < -0.3 is 20.1 Å². The van der Waals surface area contributed by atoms with Crippen molar-refractivity contribution >= 4 is 24.0 Å². The second kappa shape index (κ2) is 10.3. The van der Waals surface area contributed by atoms with Gasteiger partial charge >= 0.3 is 0 Å². The lowest BCUT2D eigenvalue weighted by Gasteiger charge is -2.14. The van der Waals surface area contributed by atoms with Gasteiger partial charge in [0.25, 0.3) is 0 Å². The summed E-state index contributed by atoms with van der Waals surface area (Å²) in [5.41, 5.74) is 0.683. The predicted octanol–water partition coefficient (Wildman–Crippen LogP) is 3.23. The minimum Gasteiger partial charge on any atom is -0.494 e. The molecule has 0 saturated carbocycles. The Kier molecular flexibility index (Phi) is 8.81. The normalized spacial score (nSPS) is 16.5. The summed E-state index contributed by atoms with van der Waals surface area (Å²) in [5.74, 6) is 2.07. The summed E-state index contributed by atoms with van der Waals surface area (Å²) in [4.78, 5) is 12.2. The molecule has 0 aliphatic carbocycles. The summed E-state index contributed by atoms with van der Waals surface area (Å²) >= 11 is 0. The molecule has 1 saturated heterocycles. The third kappa shape index (κ3) is 6.28. The number of ether oxygens (including phenoxy) is 2. The van der Waals surface area contributed by atoms with E-state index in [9.17, 15) is 4.79 Å². The number of carbonyl (C=O) groups excluding carboxylic acids is 1. The van der Waals surface area contributed by atoms with Gasteiger partial charge in [-0.05, 0) is 57.8 Å². The number of nitrogens with one attached hydrogen (secondary N) is 2. The van der Waals surface area contributed by atoms with Gasteiger partial charge in [-0.2, -0.15) is 0 Å². The average molecular weight is 343 g/mol. The van der Waals surface area contributed by atoms with E-state index in [2.05, 4.69) is 10.6 Å². The average Bonchev–Trinajstić information content (AvgIpc) is 3.02. The van der Waals surface area contributed by atoms with Crippen LogP contribution in [0, 0.1) is 5.92 Å². The van der Waals surface area contributed by atoms with Gasteiger partial charge in [0.1, 0.15) is 11.5 Å². The molecule has 1 aromatic carbocycles. The lowest BCUT2D eigenvalue weighted by Crippen LogP contribution is -2.15. The van der Waals surface area contributed by atoms with Gasteiger partial charge in [-0.3, -0.25) is 4.79 Å². The van der Waals surface area contributed by atoms with Crippen molar-refractivity contribution in [3.63, 3.8) is 0 Å². The molecule has 1 aromatic rings. The fourth-order valence-electron chi connectivity index (χ4n) is 2.65. The number of carbonyl (C=O) groups is 1. The maximum Gasteiger partial charge on any atom is 0.224 e. The minimum atomic E-state index is 0. The molecular formula is C17H27ClN2O3. The molecule has 5 nitrogen and oxygen atoms in total. The fourth-order valence-corrected chi connectivity index (χ4v) is 2.65. The molecule has 1 aliphatic rings. The van der Waals surface area contributed by atoms with Crippen LogP contribution in [0.2, 0.25) is 0 Å². The number of hydrogen-bond donors (Lipinski definition) is 2. The molecule has 2 N–H and O–H groups in total. The minimum absolute atomic E-state index is 0. The van der Waals surface area contributed by atoms with Crippen LogP contribution < -0.4 is 20.1 Å². The number of rotatable bonds is 8. The molecule has 0 aromatic heterocycles. The van der Waals surface area contributed by atoms with Crippen LogP contribution in [0.4, 0.5) is 5.69 Å². The third-order valence-electron chi connectivity index (χ3n) is 3.78. The monoisotopic (exact) mass is 342 g/mol. The highest BCUT2D eigenvalue weighted by molar-refractivity contribution is 5.92. The number of hydrogen-bond acceptors (Lipinski definition) is 4. The molecule has 1 atom stereocenters. The highest BCUT2D eigenvalue weighted by Crippen LogP contribution is 2.29. The van der Waals surface area contributed by atoms with E-state index in [1.807, 2.05) is 32.0 Å². The van der Waals surface area contributed by atoms with Gasteiger partial charge in [0.2, 0.25) is 5.91 Å². The Bertz CT molecular complexity index is 491. The molecule has 6 heteroatoms. The summed E-state index contributed by atoms with van der Waals surface area (Å²) in [6.07, 6.45) is 2.63. The van der Waals surface area contributed by atoms with Crippen LogP contribution in [-0.4, -0.2) is 32.2 Å². The van der Waals surface area contributed by atoms with E-state index >= 15 is 0 Å². The quantitative estimate of drug-likeness (QED) is 0.761. The topological polar surface area (TPSA) is 59.6 Å². The first-order valence-corrected chi connectivity index (χ1v) is 8.13. The van der Waals surface area contributed by atoms with E-state index in [-0.39, 0.29) is 18.3 Å². The van der Waals surface area contributed by atoms with Crippen molar-refractivity contribution in [1.82, 2.24) is 5.32 Å². The predicted molar refractivity (Wildman–Crippen MR) is 94.9 cm³/mol. The lowest BCUT2D eigenvalue weighted by atomic mass is 10.0. The molecular weight excluding hydrogens is 316 g/mol. The van der Waals surface area contributed by atoms with Crippen molar-refractivity contribution in [2.24, 2.45) is 5.92 Å². The highest BCUT2D eigenvalue weighted by atomic mass is 35.5. The van der Waals surface area contributed by atoms with Gasteiger partial charge in [-0.1, -0.05) is 0 Å². The van der Waals surface area contributed by atoms with E-state index in [1.165, 1.54) is 0 Å². The van der Waals surface area contributed by atoms with Crippen molar-refractivity contribution < 1.29 is 14.3 Å². The molecule has 1 unspecified atom stereocenters. The molecule has 1 aliphatic heterocycles. The Labute approximate surface area is 144 Å². The fraction of sp³-hybridized carbons (Fsp3) is 0.588. The molecule has 2 rings (SSSR count). The van der Waals surface area contributed by atoms with Crippen LogP contribution in [-0.2, 0) is 4.79 Å². The van der Waals surface area contributed by atoms with Crippen molar-refractivity contribution in [1.29, 1.82) is 0 Å². The zero-order valence-corrected chi connectivity index (χ0v) is 14.7. The zero-order chi connectivity index (χ0) is 15.8. The maximum atomic E-state index is 12.2. The van der Waals surface area contributed by atoms with Gasteiger partial charge in [0, 0.05) is 12.5 Å². The first-order valence-electron chi connectivity index (χ1n) is 8.13. The van der Waals surface area contributed by atoms with Crippen LogP contribution in [0.1, 0.15) is 33.1 Å². The van der Waals surface area contributed by atoms with Crippen LogP contribution >= 0.6 is 12.4 Å². The Balaban J connectivity index is 0.00000264. The second-order valence-corrected chi connectivity index (χ2v) is 5.47. The Morgan fingerprint density at radius 3 is 2.74 bits per heavy atom. The van der Waals surface area contributed by atoms with Crippen molar-refractivity contribution in [3.05, 3.63) is 18.2 Å². The third-order valence-corrected chi connectivity index (χ3v) is 3.78. The molecule has 0 radical (unpaired) electrons. The Hall–Kier alpha value is -1.46. The molecule has 1 fully saturated rings. The summed E-state index contributed by atoms with van der Waals surface area (Å²) in [7, 11) is 0. The van der Waals surface area contributed by atoms with Gasteiger partial charge in [-0.15, -0.1) is 12.4 Å². The molecule has 0 bridgehead atoms. The van der Waals surface area contributed by atoms with Crippen LogP contribution in [0.3, 0.4) is 0 Å². The van der Waals surface area contributed by atoms with E-state index < -0.39 is 0 Å². The van der Waals surface area contributed by atoms with Crippen molar-refractivity contribution in [2.45, 2.75) is 33.1 Å². The summed E-state index contributed by atoms with van der Waals surface area (Å²) in [6.45, 7) is 7.11. The van der Waals surface area contributed by atoms with E-state index in [1.54, 1.807) is 0 Å². The first kappa shape index (κ1) is 19.6. The number of anilines is 1. The smallest absolute Gasteiger partial charge is 0.224 e. The maximum absolute atomic E-state index is 12.2. The van der Waals surface area contributed by atoms with E-state index in [0.717, 1.165) is 31.7 Å². The Morgan fingerprint density at radius 2 is 2.09 bits per heavy atom. The van der Waals surface area contributed by atoms with Crippen molar-refractivity contribution in [3.8, 4) is 11.5 Å². The van der Waals surface area contributed by atoms with Crippen LogP contribution in [0.25, 0.3) is 0 Å². The van der Waals surface area contributed by atoms with Gasteiger partial charge in [0.15, 0.2) is 0 Å². The molecule has 130 valence electrons. The van der Waals surface area contributed by atoms with E-state index in [0.29, 0.717) is 37.0 Å². The number of amides is 1. The van der Waals surface area contributed by atoms with Gasteiger partial charge in [-0.25, -0.2) is 0 Å². The lowest BCUT2D eigenvalue weighted by molar-refractivity contribution is -0.116. The Morgan fingerprint density at radius 1 is 1.30 bits per heavy atom. The largest absolute Gasteiger partial charge is 0.494 e. The van der Waals surface area contributed by atoms with E-state index in [4.69, 9.17) is 9.47 Å². The summed E-state index contributed by atoms with van der Waals surface area (Å²) in [5, 5.41) is 6.28. The standard InChI is InChI=1S/C17H26N2O3.ClH/c1-3-21-14-6-7-16(22-4-2)15(11-14)19-17(20)8-5-13-9-10-18-12-13;/h6-7,11,13,18H,3-5,8-10,12H2,1-2H3,(H,19,20);1H. The number of benzene rings is 1. The molecule has 23 heavy (non-hydrogen) atoms. The first-order chi connectivity index (χ1) is 10.7. The summed E-state index contributed by atoms with van der Waals surface area (Å²) in [6, 6.07) is 5.52. The van der Waals surface area contributed by atoms with Gasteiger partial charge in [0.05, 0.1) is 18.9 Å². The van der Waals surface area contributed by atoms with Crippen LogP contribution in [0.5, 0.6) is 11.5 Å². The molecule has 1 heterocycles. The molecule has 1 amide bonds. The van der Waals surface area contributed by atoms with Crippen molar-refractivity contribution in [2.75, 3.05) is 31.6 Å². The SMILES string of the molecule is CCOc1ccc(OCC)c(NC(=O)CCC2CCNC2)c1.Cl. The van der Waals surface area contributed by atoms with Crippen LogP contribution in [0.15, 0.2) is 18.2 Å².